The third-order valence-corrected chi connectivity index (χ3v) is 5.04. The predicted octanol–water partition coefficient (Wildman–Crippen LogP) is 2.94. The van der Waals surface area contributed by atoms with E-state index in [9.17, 15) is 0 Å². The van der Waals surface area contributed by atoms with E-state index in [1.807, 2.05) is 11.3 Å². The van der Waals surface area contributed by atoms with Gasteiger partial charge in [-0.25, -0.2) is 0 Å². The van der Waals surface area contributed by atoms with Gasteiger partial charge in [-0.15, -0.1) is 11.3 Å². The van der Waals surface area contributed by atoms with Crippen molar-refractivity contribution in [1.82, 2.24) is 10.2 Å². The van der Waals surface area contributed by atoms with Crippen LogP contribution in [0, 0.1) is 5.92 Å². The van der Waals surface area contributed by atoms with Crippen LogP contribution in [0.1, 0.15) is 17.7 Å². The maximum Gasteiger partial charge on any atom is 0.0336 e. The van der Waals surface area contributed by atoms with E-state index in [1.54, 1.807) is 0 Å². The minimum absolute atomic E-state index is 0.880. The molecule has 1 saturated heterocycles. The second-order valence-electron chi connectivity index (χ2n) is 4.58. The normalized spacial score (nSPS) is 18.2. The van der Waals surface area contributed by atoms with Crippen LogP contribution in [0.5, 0.6) is 0 Å². The van der Waals surface area contributed by atoms with E-state index in [2.05, 4.69) is 44.6 Å². The maximum absolute atomic E-state index is 3.59. The molecule has 2 nitrogen and oxygen atoms in total. The number of hydrogen-bond acceptors (Lipinski definition) is 3. The van der Waals surface area contributed by atoms with Gasteiger partial charge < -0.3 is 10.2 Å². The first kappa shape index (κ1) is 12.6. The fourth-order valence-electron chi connectivity index (χ4n) is 2.25. The molecule has 16 heavy (non-hydrogen) atoms. The summed E-state index contributed by atoms with van der Waals surface area (Å²) in [4.78, 5) is 3.89. The highest BCUT2D eigenvalue weighted by Crippen LogP contribution is 2.24. The fraction of sp³-hybridized carbons (Fsp3) is 0.667. The molecule has 1 aliphatic heterocycles. The van der Waals surface area contributed by atoms with Crippen LogP contribution in [0.15, 0.2) is 15.9 Å². The molecule has 0 saturated carbocycles. The van der Waals surface area contributed by atoms with E-state index in [0.717, 1.165) is 12.5 Å². The van der Waals surface area contributed by atoms with Gasteiger partial charge >= 0.3 is 0 Å². The van der Waals surface area contributed by atoms with Crippen LogP contribution in [0.4, 0.5) is 0 Å². The quantitative estimate of drug-likeness (QED) is 0.920. The lowest BCUT2D eigenvalue weighted by Gasteiger charge is -2.27. The number of halogens is 1. The van der Waals surface area contributed by atoms with Crippen LogP contribution in [0.2, 0.25) is 0 Å². The fourth-order valence-corrected chi connectivity index (χ4v) is 3.81. The number of piperidine rings is 1. The summed E-state index contributed by atoms with van der Waals surface area (Å²) in [6.07, 6.45) is 2.66. The minimum atomic E-state index is 0.880. The zero-order valence-electron chi connectivity index (χ0n) is 9.71. The molecule has 1 aromatic rings. The zero-order chi connectivity index (χ0) is 11.4. The average Bonchev–Trinajstić information content (AvgIpc) is 2.66. The number of hydrogen-bond donors (Lipinski definition) is 1. The lowest BCUT2D eigenvalue weighted by molar-refractivity contribution is 0.235. The van der Waals surface area contributed by atoms with E-state index in [1.165, 1.54) is 41.8 Å². The first-order chi connectivity index (χ1) is 7.75. The summed E-state index contributed by atoms with van der Waals surface area (Å²) in [6.45, 7) is 4.69. The van der Waals surface area contributed by atoms with E-state index in [4.69, 9.17) is 0 Å². The highest BCUT2D eigenvalue weighted by Gasteiger charge is 2.15. The Balaban J connectivity index is 1.79. The van der Waals surface area contributed by atoms with Gasteiger partial charge in [0.15, 0.2) is 0 Å². The molecule has 2 heterocycles. The van der Waals surface area contributed by atoms with Crippen LogP contribution in [-0.4, -0.2) is 31.6 Å². The summed E-state index contributed by atoms with van der Waals surface area (Å²) in [5.41, 5.74) is 0. The average molecular weight is 303 g/mol. The summed E-state index contributed by atoms with van der Waals surface area (Å²) in [5.74, 6) is 0.880. The summed E-state index contributed by atoms with van der Waals surface area (Å²) in [7, 11) is 2.23. The third kappa shape index (κ3) is 3.55. The van der Waals surface area contributed by atoms with E-state index in [0.29, 0.717) is 0 Å². The van der Waals surface area contributed by atoms with Crippen molar-refractivity contribution in [2.24, 2.45) is 5.92 Å². The number of nitrogens with zero attached hydrogens (tertiary/aromatic N) is 1. The van der Waals surface area contributed by atoms with Crippen LogP contribution in [0.25, 0.3) is 0 Å². The summed E-state index contributed by atoms with van der Waals surface area (Å²) >= 11 is 5.43. The molecular formula is C12H19BrN2S. The largest absolute Gasteiger partial charge is 0.317 e. The Morgan fingerprint density at radius 2 is 2.25 bits per heavy atom. The Hall–Kier alpha value is 0.1000. The van der Waals surface area contributed by atoms with Crippen molar-refractivity contribution in [3.8, 4) is 0 Å². The summed E-state index contributed by atoms with van der Waals surface area (Å²) < 4.78 is 1.26. The van der Waals surface area contributed by atoms with Gasteiger partial charge in [0, 0.05) is 22.4 Å². The Morgan fingerprint density at radius 3 is 2.88 bits per heavy atom. The molecular weight excluding hydrogens is 284 g/mol. The Labute approximate surface area is 110 Å². The Bertz CT molecular complexity index is 321. The lowest BCUT2D eigenvalue weighted by atomic mass is 9.98. The summed E-state index contributed by atoms with van der Waals surface area (Å²) in [6, 6.07) is 2.14. The van der Waals surface area contributed by atoms with Gasteiger partial charge in [0.05, 0.1) is 0 Å². The number of nitrogens with one attached hydrogen (secondary N) is 1. The monoisotopic (exact) mass is 302 g/mol. The maximum atomic E-state index is 3.59. The first-order valence-corrected chi connectivity index (χ1v) is 7.54. The highest BCUT2D eigenvalue weighted by atomic mass is 79.9. The topological polar surface area (TPSA) is 15.3 Å². The molecule has 0 spiro atoms. The van der Waals surface area contributed by atoms with Crippen molar-refractivity contribution < 1.29 is 0 Å². The molecule has 0 bridgehead atoms. The first-order valence-electron chi connectivity index (χ1n) is 5.87. The van der Waals surface area contributed by atoms with Crippen molar-refractivity contribution in [2.75, 3.05) is 26.7 Å². The van der Waals surface area contributed by atoms with Crippen LogP contribution < -0.4 is 5.32 Å². The third-order valence-electron chi connectivity index (χ3n) is 3.13. The number of thiophene rings is 1. The van der Waals surface area contributed by atoms with Crippen LogP contribution in [0.3, 0.4) is 0 Å². The minimum Gasteiger partial charge on any atom is -0.317 e. The van der Waals surface area contributed by atoms with E-state index >= 15 is 0 Å². The molecule has 0 aliphatic carbocycles. The van der Waals surface area contributed by atoms with Crippen molar-refractivity contribution in [2.45, 2.75) is 19.4 Å². The van der Waals surface area contributed by atoms with Gasteiger partial charge in [0.2, 0.25) is 0 Å². The predicted molar refractivity (Wildman–Crippen MR) is 73.9 cm³/mol. The van der Waals surface area contributed by atoms with Crippen molar-refractivity contribution in [3.63, 3.8) is 0 Å². The molecule has 1 fully saturated rings. The standard InChI is InChI=1S/C12H19BrN2S/c1-15(8-10-2-5-14-6-3-10)9-12-11(13)4-7-16-12/h4,7,10,14H,2-3,5-6,8-9H2,1H3. The molecule has 0 amide bonds. The Morgan fingerprint density at radius 1 is 1.50 bits per heavy atom. The van der Waals surface area contributed by atoms with Gasteiger partial charge in [0.25, 0.3) is 0 Å². The summed E-state index contributed by atoms with van der Waals surface area (Å²) in [5, 5.41) is 5.57. The molecule has 2 rings (SSSR count). The molecule has 4 heteroatoms. The van der Waals surface area contributed by atoms with E-state index in [-0.39, 0.29) is 0 Å². The van der Waals surface area contributed by atoms with Crippen molar-refractivity contribution >= 4 is 27.3 Å². The molecule has 1 aromatic heterocycles. The molecule has 90 valence electrons. The second kappa shape index (κ2) is 6.15. The molecule has 0 atom stereocenters. The van der Waals surface area contributed by atoms with Crippen molar-refractivity contribution in [3.05, 3.63) is 20.8 Å². The Kier molecular flexibility index (Phi) is 4.82. The zero-order valence-corrected chi connectivity index (χ0v) is 12.1. The number of rotatable bonds is 4. The van der Waals surface area contributed by atoms with Gasteiger partial charge in [-0.05, 0) is 66.3 Å². The molecule has 1 N–H and O–H groups in total. The smallest absolute Gasteiger partial charge is 0.0336 e. The van der Waals surface area contributed by atoms with E-state index < -0.39 is 0 Å². The molecule has 0 unspecified atom stereocenters. The van der Waals surface area contributed by atoms with Crippen molar-refractivity contribution in [1.29, 1.82) is 0 Å². The van der Waals surface area contributed by atoms with Crippen LogP contribution >= 0.6 is 27.3 Å². The molecule has 1 aliphatic rings. The highest BCUT2D eigenvalue weighted by molar-refractivity contribution is 9.10. The molecule has 0 radical (unpaired) electrons. The lowest BCUT2D eigenvalue weighted by Crippen LogP contribution is -2.34. The van der Waals surface area contributed by atoms with Crippen LogP contribution in [-0.2, 0) is 6.54 Å². The molecule has 0 aromatic carbocycles. The second-order valence-corrected chi connectivity index (χ2v) is 6.44. The SMILES string of the molecule is CN(Cc1sccc1Br)CC1CCNCC1. The van der Waals surface area contributed by atoms with Gasteiger partial charge in [0.1, 0.15) is 0 Å². The van der Waals surface area contributed by atoms with Gasteiger partial charge in [-0.2, -0.15) is 0 Å². The van der Waals surface area contributed by atoms with Gasteiger partial charge in [-0.3, -0.25) is 0 Å². The van der Waals surface area contributed by atoms with Gasteiger partial charge in [-0.1, -0.05) is 0 Å².